The highest BCUT2D eigenvalue weighted by molar-refractivity contribution is 7.88. The highest BCUT2D eigenvalue weighted by Gasteiger charge is 2.12. The summed E-state index contributed by atoms with van der Waals surface area (Å²) in [6.07, 6.45) is 1.46. The molecular formula is C20H21ClFN3O4S. The van der Waals surface area contributed by atoms with E-state index in [2.05, 4.69) is 21.9 Å². The van der Waals surface area contributed by atoms with E-state index in [0.29, 0.717) is 11.3 Å². The Hall–Kier alpha value is -2.75. The van der Waals surface area contributed by atoms with Gasteiger partial charge in [-0.1, -0.05) is 29.8 Å². The Bertz CT molecular complexity index is 1030. The maximum atomic E-state index is 13.0. The lowest BCUT2D eigenvalue weighted by Crippen LogP contribution is -2.28. The average Bonchev–Trinajstić information content (AvgIpc) is 2.67. The van der Waals surface area contributed by atoms with E-state index in [1.54, 1.807) is 24.3 Å². The SMILES string of the molecule is C=CCNS(=O)(=O)Cc1ccc(NC(=O)CCNC(=O)c2ccc(F)cc2Cl)cc1. The first kappa shape index (κ1) is 23.5. The van der Waals surface area contributed by atoms with Crippen molar-refractivity contribution in [1.82, 2.24) is 10.0 Å². The molecule has 0 aliphatic heterocycles. The van der Waals surface area contributed by atoms with Crippen LogP contribution in [0.5, 0.6) is 0 Å². The minimum atomic E-state index is -3.46. The van der Waals surface area contributed by atoms with Gasteiger partial charge in [0.15, 0.2) is 0 Å². The third kappa shape index (κ3) is 7.58. The van der Waals surface area contributed by atoms with Crippen molar-refractivity contribution in [3.05, 3.63) is 77.1 Å². The molecule has 10 heteroatoms. The highest BCUT2D eigenvalue weighted by Crippen LogP contribution is 2.17. The molecule has 0 bridgehead atoms. The predicted octanol–water partition coefficient (Wildman–Crippen LogP) is 2.84. The van der Waals surface area contributed by atoms with E-state index in [9.17, 15) is 22.4 Å². The molecule has 2 amide bonds. The molecule has 0 heterocycles. The first-order chi connectivity index (χ1) is 14.2. The molecule has 2 aromatic carbocycles. The lowest BCUT2D eigenvalue weighted by Gasteiger charge is -2.09. The summed E-state index contributed by atoms with van der Waals surface area (Å²) in [5.74, 6) is -1.59. The molecule has 30 heavy (non-hydrogen) atoms. The van der Waals surface area contributed by atoms with Crippen molar-refractivity contribution < 1.29 is 22.4 Å². The number of carbonyl (C=O) groups is 2. The summed E-state index contributed by atoms with van der Waals surface area (Å²) in [7, 11) is -3.46. The van der Waals surface area contributed by atoms with Crippen LogP contribution < -0.4 is 15.4 Å². The van der Waals surface area contributed by atoms with Crippen LogP contribution >= 0.6 is 11.6 Å². The van der Waals surface area contributed by atoms with E-state index in [1.807, 2.05) is 0 Å². The molecule has 0 fully saturated rings. The van der Waals surface area contributed by atoms with Gasteiger partial charge in [-0.05, 0) is 35.9 Å². The number of anilines is 1. The van der Waals surface area contributed by atoms with Crippen LogP contribution in [0.2, 0.25) is 5.02 Å². The van der Waals surface area contributed by atoms with Gasteiger partial charge in [-0.15, -0.1) is 6.58 Å². The zero-order valence-corrected chi connectivity index (χ0v) is 17.5. The summed E-state index contributed by atoms with van der Waals surface area (Å²) in [5.41, 5.74) is 1.17. The van der Waals surface area contributed by atoms with Crippen LogP contribution in [0.3, 0.4) is 0 Å². The number of benzene rings is 2. The number of rotatable bonds is 10. The Labute approximate surface area is 179 Å². The number of hydrogen-bond acceptors (Lipinski definition) is 4. The lowest BCUT2D eigenvalue weighted by molar-refractivity contribution is -0.116. The van der Waals surface area contributed by atoms with Crippen molar-refractivity contribution in [3.63, 3.8) is 0 Å². The number of amides is 2. The molecule has 3 N–H and O–H groups in total. The van der Waals surface area contributed by atoms with Crippen molar-refractivity contribution in [1.29, 1.82) is 0 Å². The summed E-state index contributed by atoms with van der Waals surface area (Å²) < 4.78 is 39.1. The molecule has 0 aliphatic rings. The standard InChI is InChI=1S/C20H21ClFN3O4S/c1-2-10-24-30(28,29)13-14-3-6-16(7-4-14)25-19(26)9-11-23-20(27)17-8-5-15(22)12-18(17)21/h2-8,12,24H,1,9-11,13H2,(H,23,27)(H,25,26). The maximum Gasteiger partial charge on any atom is 0.252 e. The molecule has 0 atom stereocenters. The zero-order valence-electron chi connectivity index (χ0n) is 16.0. The van der Waals surface area contributed by atoms with Gasteiger partial charge in [-0.2, -0.15) is 0 Å². The molecule has 0 spiro atoms. The largest absolute Gasteiger partial charge is 0.351 e. The van der Waals surface area contributed by atoms with Crippen LogP contribution in [-0.4, -0.2) is 33.3 Å². The number of sulfonamides is 1. The van der Waals surface area contributed by atoms with Gasteiger partial charge in [0.1, 0.15) is 5.82 Å². The summed E-state index contributed by atoms with van der Waals surface area (Å²) >= 11 is 5.82. The smallest absolute Gasteiger partial charge is 0.252 e. The van der Waals surface area contributed by atoms with E-state index in [4.69, 9.17) is 11.6 Å². The van der Waals surface area contributed by atoms with E-state index < -0.39 is 21.7 Å². The van der Waals surface area contributed by atoms with Gasteiger partial charge in [0.05, 0.1) is 16.3 Å². The Morgan fingerprint density at radius 3 is 2.47 bits per heavy atom. The van der Waals surface area contributed by atoms with E-state index >= 15 is 0 Å². The Kier molecular flexibility index (Phi) is 8.52. The van der Waals surface area contributed by atoms with Gasteiger partial charge in [-0.3, -0.25) is 9.59 Å². The quantitative estimate of drug-likeness (QED) is 0.481. The van der Waals surface area contributed by atoms with Crippen LogP contribution in [0.25, 0.3) is 0 Å². The van der Waals surface area contributed by atoms with Crippen LogP contribution in [0.1, 0.15) is 22.3 Å². The van der Waals surface area contributed by atoms with Gasteiger partial charge in [-0.25, -0.2) is 17.5 Å². The molecule has 0 aromatic heterocycles. The molecule has 2 rings (SSSR count). The van der Waals surface area contributed by atoms with Crippen molar-refractivity contribution in [2.75, 3.05) is 18.4 Å². The van der Waals surface area contributed by atoms with Crippen molar-refractivity contribution >= 4 is 39.1 Å². The van der Waals surface area contributed by atoms with Crippen molar-refractivity contribution in [2.24, 2.45) is 0 Å². The van der Waals surface area contributed by atoms with E-state index in [-0.39, 0.29) is 41.8 Å². The third-order valence-corrected chi connectivity index (χ3v) is 5.49. The fraction of sp³-hybridized carbons (Fsp3) is 0.200. The van der Waals surface area contributed by atoms with Gasteiger partial charge in [0.25, 0.3) is 5.91 Å². The van der Waals surface area contributed by atoms with Crippen molar-refractivity contribution in [2.45, 2.75) is 12.2 Å². The minimum absolute atomic E-state index is 0.00611. The summed E-state index contributed by atoms with van der Waals surface area (Å²) in [6, 6.07) is 9.80. The second-order valence-corrected chi connectivity index (χ2v) is 8.49. The normalized spacial score (nSPS) is 11.0. The number of hydrogen-bond donors (Lipinski definition) is 3. The Morgan fingerprint density at radius 2 is 1.83 bits per heavy atom. The zero-order chi connectivity index (χ0) is 22.1. The van der Waals surface area contributed by atoms with Gasteiger partial charge in [0.2, 0.25) is 15.9 Å². The summed E-state index contributed by atoms with van der Waals surface area (Å²) in [4.78, 5) is 24.0. The average molecular weight is 454 g/mol. The third-order valence-electron chi connectivity index (χ3n) is 3.86. The van der Waals surface area contributed by atoms with E-state index in [0.717, 1.165) is 12.1 Å². The fourth-order valence-electron chi connectivity index (χ4n) is 2.42. The van der Waals surface area contributed by atoms with Gasteiger partial charge >= 0.3 is 0 Å². The highest BCUT2D eigenvalue weighted by atomic mass is 35.5. The first-order valence-electron chi connectivity index (χ1n) is 8.90. The molecule has 160 valence electrons. The van der Waals surface area contributed by atoms with Crippen LogP contribution in [0.15, 0.2) is 55.1 Å². The molecule has 0 saturated carbocycles. The second kappa shape index (κ2) is 10.9. The number of halogens is 2. The predicted molar refractivity (Wildman–Crippen MR) is 114 cm³/mol. The molecule has 0 saturated heterocycles. The topological polar surface area (TPSA) is 104 Å². The number of carbonyl (C=O) groups excluding carboxylic acids is 2. The molecule has 0 unspecified atom stereocenters. The lowest BCUT2D eigenvalue weighted by atomic mass is 10.2. The van der Waals surface area contributed by atoms with Gasteiger partial charge in [0, 0.05) is 25.2 Å². The summed E-state index contributed by atoms with van der Waals surface area (Å²) in [6.45, 7) is 3.67. The molecule has 0 aliphatic carbocycles. The van der Waals surface area contributed by atoms with E-state index in [1.165, 1.54) is 12.1 Å². The molecular weight excluding hydrogens is 433 g/mol. The Balaban J connectivity index is 1.80. The van der Waals surface area contributed by atoms with Crippen LogP contribution in [0, 0.1) is 5.82 Å². The number of nitrogens with one attached hydrogen (secondary N) is 3. The Morgan fingerprint density at radius 1 is 1.13 bits per heavy atom. The van der Waals surface area contributed by atoms with Crippen molar-refractivity contribution in [3.8, 4) is 0 Å². The molecule has 2 aromatic rings. The first-order valence-corrected chi connectivity index (χ1v) is 10.9. The molecule has 0 radical (unpaired) electrons. The minimum Gasteiger partial charge on any atom is -0.351 e. The van der Waals surface area contributed by atoms with Crippen LogP contribution in [0.4, 0.5) is 10.1 Å². The fourth-order valence-corrected chi connectivity index (χ4v) is 3.78. The van der Waals surface area contributed by atoms with Gasteiger partial charge < -0.3 is 10.6 Å². The summed E-state index contributed by atoms with van der Waals surface area (Å²) in [5, 5.41) is 5.18. The monoisotopic (exact) mass is 453 g/mol. The second-order valence-electron chi connectivity index (χ2n) is 6.27. The maximum absolute atomic E-state index is 13.0. The molecule has 7 nitrogen and oxygen atoms in total. The van der Waals surface area contributed by atoms with Crippen LogP contribution in [-0.2, 0) is 20.6 Å².